The van der Waals surface area contributed by atoms with Crippen LogP contribution in [0.2, 0.25) is 5.02 Å². The molecule has 2 aromatic rings. The van der Waals surface area contributed by atoms with Gasteiger partial charge in [-0.3, -0.25) is 4.72 Å². The molecular formula is C19H23ClN2O3S. The van der Waals surface area contributed by atoms with Gasteiger partial charge >= 0.3 is 0 Å². The van der Waals surface area contributed by atoms with Crippen molar-refractivity contribution in [2.24, 2.45) is 0 Å². The molecule has 5 nitrogen and oxygen atoms in total. The zero-order valence-corrected chi connectivity index (χ0v) is 16.5. The number of hydrogen-bond donors (Lipinski definition) is 1. The van der Waals surface area contributed by atoms with Gasteiger partial charge in [0.15, 0.2) is 0 Å². The fraction of sp³-hybridized carbons (Fsp3) is 0.368. The molecule has 1 fully saturated rings. The number of methoxy groups -OCH3 is 1. The highest BCUT2D eigenvalue weighted by Gasteiger charge is 2.21. The van der Waals surface area contributed by atoms with E-state index in [0.29, 0.717) is 16.3 Å². The lowest BCUT2D eigenvalue weighted by Gasteiger charge is -2.33. The molecule has 1 N–H and O–H groups in total. The lowest BCUT2D eigenvalue weighted by Crippen LogP contribution is -2.39. The lowest BCUT2D eigenvalue weighted by atomic mass is 10.1. The Bertz CT molecular complexity index is 869. The number of piperidine rings is 1. The van der Waals surface area contributed by atoms with E-state index in [1.165, 1.54) is 0 Å². The second kappa shape index (κ2) is 7.86. The minimum Gasteiger partial charge on any atom is -0.380 e. The minimum atomic E-state index is -3.68. The molecule has 0 saturated carbocycles. The molecule has 0 radical (unpaired) electrons. The van der Waals surface area contributed by atoms with Crippen molar-refractivity contribution >= 4 is 33.0 Å². The number of nitrogens with one attached hydrogen (secondary N) is 1. The molecule has 1 saturated heterocycles. The number of sulfonamides is 1. The molecular weight excluding hydrogens is 372 g/mol. The molecule has 26 heavy (non-hydrogen) atoms. The summed E-state index contributed by atoms with van der Waals surface area (Å²) in [5.74, 6) is 0. The van der Waals surface area contributed by atoms with E-state index in [9.17, 15) is 8.42 Å². The largest absolute Gasteiger partial charge is 0.380 e. The first-order valence-electron chi connectivity index (χ1n) is 8.56. The number of hydrogen-bond acceptors (Lipinski definition) is 4. The number of benzene rings is 2. The quantitative estimate of drug-likeness (QED) is 0.830. The molecule has 1 aliphatic rings. The van der Waals surface area contributed by atoms with E-state index in [1.807, 2.05) is 12.1 Å². The normalized spacial score (nSPS) is 18.0. The molecule has 1 aliphatic heterocycles. The second-order valence-corrected chi connectivity index (χ2v) is 8.52. The summed E-state index contributed by atoms with van der Waals surface area (Å²) in [6, 6.07) is 12.3. The standard InChI is InChI=1S/C19H23ClN2O3S/c1-14-18(20)6-3-7-19(14)26(23,24)21-15-8-10-16(11-9-15)22-12-4-5-17(13-22)25-2/h3,6-11,17,21H,4-5,12-13H2,1-2H3. The van der Waals surface area contributed by atoms with E-state index >= 15 is 0 Å². The average Bonchev–Trinajstić information content (AvgIpc) is 2.64. The van der Waals surface area contributed by atoms with Crippen LogP contribution in [0, 0.1) is 6.92 Å². The van der Waals surface area contributed by atoms with Gasteiger partial charge < -0.3 is 9.64 Å². The molecule has 0 spiro atoms. The Kier molecular flexibility index (Phi) is 5.75. The van der Waals surface area contributed by atoms with Crippen LogP contribution < -0.4 is 9.62 Å². The summed E-state index contributed by atoms with van der Waals surface area (Å²) in [7, 11) is -1.95. The Balaban J connectivity index is 1.76. The first-order chi connectivity index (χ1) is 12.4. The fourth-order valence-corrected chi connectivity index (χ4v) is 4.75. The van der Waals surface area contributed by atoms with Crippen LogP contribution in [0.1, 0.15) is 18.4 Å². The minimum absolute atomic E-state index is 0.188. The molecule has 2 aromatic carbocycles. The predicted octanol–water partition coefficient (Wildman–Crippen LogP) is 4.06. The second-order valence-electron chi connectivity index (χ2n) is 6.46. The Hall–Kier alpha value is -1.76. The highest BCUT2D eigenvalue weighted by atomic mass is 35.5. The number of anilines is 2. The zero-order valence-electron chi connectivity index (χ0n) is 14.9. The molecule has 1 heterocycles. The summed E-state index contributed by atoms with van der Waals surface area (Å²) in [6.07, 6.45) is 2.40. The first-order valence-corrected chi connectivity index (χ1v) is 10.4. The fourth-order valence-electron chi connectivity index (χ4n) is 3.19. The number of rotatable bonds is 5. The van der Waals surface area contributed by atoms with E-state index in [4.69, 9.17) is 16.3 Å². The molecule has 0 bridgehead atoms. The monoisotopic (exact) mass is 394 g/mol. The van der Waals surface area contributed by atoms with Crippen molar-refractivity contribution in [1.29, 1.82) is 0 Å². The molecule has 3 rings (SSSR count). The van der Waals surface area contributed by atoms with E-state index in [2.05, 4.69) is 9.62 Å². The van der Waals surface area contributed by atoms with Crippen LogP contribution in [0.25, 0.3) is 0 Å². The van der Waals surface area contributed by atoms with Crippen molar-refractivity contribution in [3.63, 3.8) is 0 Å². The van der Waals surface area contributed by atoms with Crippen LogP contribution in [0.5, 0.6) is 0 Å². The first kappa shape index (κ1) is 19.0. The van der Waals surface area contributed by atoms with Crippen molar-refractivity contribution in [3.8, 4) is 0 Å². The highest BCUT2D eigenvalue weighted by molar-refractivity contribution is 7.92. The van der Waals surface area contributed by atoms with Crippen LogP contribution in [-0.4, -0.2) is 34.7 Å². The van der Waals surface area contributed by atoms with Gasteiger partial charge in [0.25, 0.3) is 10.0 Å². The van der Waals surface area contributed by atoms with Crippen LogP contribution in [-0.2, 0) is 14.8 Å². The van der Waals surface area contributed by atoms with E-state index in [1.54, 1.807) is 44.4 Å². The van der Waals surface area contributed by atoms with Gasteiger partial charge in [-0.1, -0.05) is 17.7 Å². The summed E-state index contributed by atoms with van der Waals surface area (Å²) in [4.78, 5) is 2.45. The van der Waals surface area contributed by atoms with Crippen LogP contribution >= 0.6 is 11.6 Å². The Labute approximate surface area is 160 Å². The van der Waals surface area contributed by atoms with Crippen molar-refractivity contribution in [3.05, 3.63) is 53.1 Å². The SMILES string of the molecule is COC1CCCN(c2ccc(NS(=O)(=O)c3cccc(Cl)c3C)cc2)C1. The molecule has 0 aliphatic carbocycles. The zero-order chi connectivity index (χ0) is 18.7. The third kappa shape index (κ3) is 4.14. The van der Waals surface area contributed by atoms with Gasteiger partial charge in [0.05, 0.1) is 11.0 Å². The topological polar surface area (TPSA) is 58.6 Å². The molecule has 0 amide bonds. The van der Waals surface area contributed by atoms with Gasteiger partial charge in [0.2, 0.25) is 0 Å². The van der Waals surface area contributed by atoms with Crippen molar-refractivity contribution < 1.29 is 13.2 Å². The van der Waals surface area contributed by atoms with Crippen LogP contribution in [0.15, 0.2) is 47.4 Å². The van der Waals surface area contributed by atoms with E-state index in [-0.39, 0.29) is 11.0 Å². The lowest BCUT2D eigenvalue weighted by molar-refractivity contribution is 0.0893. The van der Waals surface area contributed by atoms with Crippen LogP contribution in [0.3, 0.4) is 0 Å². The maximum absolute atomic E-state index is 12.6. The Morgan fingerprint density at radius 1 is 1.19 bits per heavy atom. The van der Waals surface area contributed by atoms with Gasteiger partial charge in [-0.2, -0.15) is 0 Å². The number of halogens is 1. The summed E-state index contributed by atoms with van der Waals surface area (Å²) >= 11 is 6.05. The van der Waals surface area contributed by atoms with Crippen LogP contribution in [0.4, 0.5) is 11.4 Å². The van der Waals surface area contributed by atoms with Crippen molar-refractivity contribution in [2.45, 2.75) is 30.8 Å². The predicted molar refractivity (Wildman–Crippen MR) is 106 cm³/mol. The van der Waals surface area contributed by atoms with Crippen molar-refractivity contribution in [2.75, 3.05) is 29.8 Å². The number of ether oxygens (including phenoxy) is 1. The molecule has 0 aromatic heterocycles. The third-order valence-electron chi connectivity index (χ3n) is 4.70. The molecule has 1 atom stereocenters. The maximum atomic E-state index is 12.6. The third-order valence-corrected chi connectivity index (χ3v) is 6.64. The van der Waals surface area contributed by atoms with Gasteiger partial charge in [-0.15, -0.1) is 0 Å². The van der Waals surface area contributed by atoms with Crippen molar-refractivity contribution in [1.82, 2.24) is 0 Å². The number of nitrogens with zero attached hydrogens (tertiary/aromatic N) is 1. The smallest absolute Gasteiger partial charge is 0.262 e. The summed E-state index contributed by atoms with van der Waals surface area (Å²) in [5, 5.41) is 0.431. The Morgan fingerprint density at radius 3 is 2.62 bits per heavy atom. The maximum Gasteiger partial charge on any atom is 0.262 e. The molecule has 7 heteroatoms. The van der Waals surface area contributed by atoms with Gasteiger partial charge in [0.1, 0.15) is 0 Å². The average molecular weight is 395 g/mol. The molecule has 1 unspecified atom stereocenters. The Morgan fingerprint density at radius 2 is 1.92 bits per heavy atom. The van der Waals surface area contributed by atoms with Gasteiger partial charge in [-0.05, 0) is 61.7 Å². The van der Waals surface area contributed by atoms with E-state index < -0.39 is 10.0 Å². The van der Waals surface area contributed by atoms with Gasteiger partial charge in [-0.25, -0.2) is 8.42 Å². The summed E-state index contributed by atoms with van der Waals surface area (Å²) in [6.45, 7) is 3.53. The van der Waals surface area contributed by atoms with E-state index in [0.717, 1.165) is 31.6 Å². The van der Waals surface area contributed by atoms with Gasteiger partial charge in [0, 0.05) is 36.6 Å². The summed E-state index contributed by atoms with van der Waals surface area (Å²) in [5.41, 5.74) is 2.12. The summed E-state index contributed by atoms with van der Waals surface area (Å²) < 4.78 is 33.4. The molecule has 140 valence electrons. The highest BCUT2D eigenvalue weighted by Crippen LogP contribution is 2.27.